The number of nitrogens with zero attached hydrogens (tertiary/aromatic N) is 2. The van der Waals surface area contributed by atoms with Gasteiger partial charge < -0.3 is 9.72 Å². The number of hydrogen-bond donors (Lipinski definition) is 1. The predicted molar refractivity (Wildman–Crippen MR) is 73.5 cm³/mol. The molecular formula is C13H9BrFN3O. The van der Waals surface area contributed by atoms with Crippen molar-refractivity contribution >= 4 is 27.1 Å². The zero-order chi connectivity index (χ0) is 13.4. The van der Waals surface area contributed by atoms with Gasteiger partial charge in [0.25, 0.3) is 0 Å². The summed E-state index contributed by atoms with van der Waals surface area (Å²) in [5.41, 5.74) is 2.15. The highest BCUT2D eigenvalue weighted by Gasteiger charge is 2.09. The van der Waals surface area contributed by atoms with Gasteiger partial charge in [0, 0.05) is 11.6 Å². The van der Waals surface area contributed by atoms with E-state index in [9.17, 15) is 4.39 Å². The number of aromatic nitrogens is 3. The average molecular weight is 322 g/mol. The summed E-state index contributed by atoms with van der Waals surface area (Å²) in [5.74, 6) is 0.835. The molecule has 0 fully saturated rings. The van der Waals surface area contributed by atoms with Crippen LogP contribution in [0.5, 0.6) is 5.88 Å². The molecule has 2 heterocycles. The average Bonchev–Trinajstić information content (AvgIpc) is 2.84. The van der Waals surface area contributed by atoms with Crippen molar-refractivity contribution in [2.24, 2.45) is 0 Å². The van der Waals surface area contributed by atoms with Gasteiger partial charge in [-0.1, -0.05) is 0 Å². The van der Waals surface area contributed by atoms with Crippen LogP contribution in [0.3, 0.4) is 0 Å². The number of imidazole rings is 1. The van der Waals surface area contributed by atoms with Crippen molar-refractivity contribution in [1.29, 1.82) is 0 Å². The molecule has 0 saturated carbocycles. The first-order valence-corrected chi connectivity index (χ1v) is 6.33. The van der Waals surface area contributed by atoms with E-state index in [1.54, 1.807) is 25.3 Å². The lowest BCUT2D eigenvalue weighted by atomic mass is 10.2. The topological polar surface area (TPSA) is 50.8 Å². The molecule has 6 heteroatoms. The van der Waals surface area contributed by atoms with Gasteiger partial charge in [0.15, 0.2) is 5.65 Å². The Morgan fingerprint density at radius 2 is 2.05 bits per heavy atom. The number of hydrogen-bond acceptors (Lipinski definition) is 3. The number of pyridine rings is 1. The van der Waals surface area contributed by atoms with Crippen LogP contribution in [0, 0.1) is 5.82 Å². The number of methoxy groups -OCH3 is 1. The van der Waals surface area contributed by atoms with Crippen molar-refractivity contribution in [2.45, 2.75) is 0 Å². The quantitative estimate of drug-likeness (QED) is 0.785. The third kappa shape index (κ3) is 2.19. The Bertz CT molecular complexity index is 757. The van der Waals surface area contributed by atoms with Crippen LogP contribution in [-0.2, 0) is 0 Å². The molecular weight excluding hydrogens is 313 g/mol. The van der Waals surface area contributed by atoms with E-state index in [2.05, 4.69) is 30.9 Å². The fourth-order valence-electron chi connectivity index (χ4n) is 1.77. The lowest BCUT2D eigenvalue weighted by Gasteiger charge is -1.98. The third-order valence-corrected chi connectivity index (χ3v) is 3.33. The van der Waals surface area contributed by atoms with Gasteiger partial charge in [-0.05, 0) is 40.2 Å². The van der Waals surface area contributed by atoms with Crippen molar-refractivity contribution in [3.8, 4) is 17.3 Å². The summed E-state index contributed by atoms with van der Waals surface area (Å²) in [6.07, 6.45) is 0. The number of H-pyrrole nitrogens is 1. The number of benzene rings is 1. The van der Waals surface area contributed by atoms with Crippen LogP contribution in [-0.4, -0.2) is 22.1 Å². The van der Waals surface area contributed by atoms with Crippen LogP contribution in [0.2, 0.25) is 0 Å². The predicted octanol–water partition coefficient (Wildman–Crippen LogP) is 3.54. The second kappa shape index (κ2) is 4.62. The number of halogens is 2. The molecule has 0 aliphatic carbocycles. The van der Waals surface area contributed by atoms with Crippen LogP contribution in [0.25, 0.3) is 22.6 Å². The number of fused-ring (bicyclic) bond motifs is 1. The van der Waals surface area contributed by atoms with Crippen LogP contribution in [0.1, 0.15) is 0 Å². The number of rotatable bonds is 2. The number of ether oxygens (including phenoxy) is 1. The summed E-state index contributed by atoms with van der Waals surface area (Å²) in [5, 5.41) is 0. The van der Waals surface area contributed by atoms with Crippen molar-refractivity contribution in [1.82, 2.24) is 15.0 Å². The van der Waals surface area contributed by atoms with Gasteiger partial charge in [-0.3, -0.25) is 0 Å². The molecule has 1 aromatic carbocycles. The Morgan fingerprint density at radius 3 is 2.79 bits per heavy atom. The van der Waals surface area contributed by atoms with E-state index in [0.29, 0.717) is 21.8 Å². The lowest BCUT2D eigenvalue weighted by molar-refractivity contribution is 0.399. The van der Waals surface area contributed by atoms with Gasteiger partial charge in [-0.25, -0.2) is 9.37 Å². The zero-order valence-electron chi connectivity index (χ0n) is 9.95. The van der Waals surface area contributed by atoms with Crippen LogP contribution < -0.4 is 4.74 Å². The highest BCUT2D eigenvalue weighted by atomic mass is 79.9. The molecule has 0 bridgehead atoms. The second-order valence-corrected chi connectivity index (χ2v) is 4.79. The maximum absolute atomic E-state index is 13.2. The molecule has 4 nitrogen and oxygen atoms in total. The maximum atomic E-state index is 13.2. The van der Waals surface area contributed by atoms with E-state index in [1.165, 1.54) is 6.07 Å². The molecule has 0 atom stereocenters. The van der Waals surface area contributed by atoms with E-state index in [0.717, 1.165) is 11.1 Å². The molecule has 0 amide bonds. The smallest absolute Gasteiger partial charge is 0.215 e. The monoisotopic (exact) mass is 321 g/mol. The van der Waals surface area contributed by atoms with E-state index < -0.39 is 0 Å². The van der Waals surface area contributed by atoms with Gasteiger partial charge in [0.1, 0.15) is 11.6 Å². The SMILES string of the molecule is COc1ccc2[nH]c(-c3ccc(F)c(Br)c3)nc2n1. The zero-order valence-corrected chi connectivity index (χ0v) is 11.5. The molecule has 0 saturated heterocycles. The van der Waals surface area contributed by atoms with Crippen LogP contribution in [0.4, 0.5) is 4.39 Å². The lowest BCUT2D eigenvalue weighted by Crippen LogP contribution is -1.86. The standard InChI is InChI=1S/C13H9BrFN3O/c1-19-11-5-4-10-13(17-11)18-12(16-10)7-2-3-9(15)8(14)6-7/h2-6H,1H3,(H,16,17,18). The maximum Gasteiger partial charge on any atom is 0.215 e. The minimum absolute atomic E-state index is 0.306. The molecule has 96 valence electrons. The molecule has 1 N–H and O–H groups in total. The highest BCUT2D eigenvalue weighted by molar-refractivity contribution is 9.10. The van der Waals surface area contributed by atoms with Gasteiger partial charge in [0.05, 0.1) is 17.1 Å². The minimum atomic E-state index is -0.306. The Labute approximate surface area is 116 Å². The largest absolute Gasteiger partial charge is 0.481 e. The Hall–Kier alpha value is -1.95. The fourth-order valence-corrected chi connectivity index (χ4v) is 2.15. The van der Waals surface area contributed by atoms with Gasteiger partial charge in [-0.15, -0.1) is 0 Å². The van der Waals surface area contributed by atoms with Gasteiger partial charge in [-0.2, -0.15) is 4.98 Å². The minimum Gasteiger partial charge on any atom is -0.481 e. The fraction of sp³-hybridized carbons (Fsp3) is 0.0769. The van der Waals surface area contributed by atoms with Gasteiger partial charge >= 0.3 is 0 Å². The van der Waals surface area contributed by atoms with Crippen molar-refractivity contribution in [2.75, 3.05) is 7.11 Å². The molecule has 0 aliphatic heterocycles. The van der Waals surface area contributed by atoms with E-state index in [-0.39, 0.29) is 5.82 Å². The summed E-state index contributed by atoms with van der Waals surface area (Å²) >= 11 is 3.16. The second-order valence-electron chi connectivity index (χ2n) is 3.94. The van der Waals surface area contributed by atoms with Crippen molar-refractivity contribution in [3.63, 3.8) is 0 Å². The summed E-state index contributed by atoms with van der Waals surface area (Å²) in [4.78, 5) is 11.7. The van der Waals surface area contributed by atoms with Crippen molar-refractivity contribution in [3.05, 3.63) is 40.6 Å². The Balaban J connectivity index is 2.11. The molecule has 0 aliphatic rings. The first-order chi connectivity index (χ1) is 9.17. The molecule has 2 aromatic heterocycles. The van der Waals surface area contributed by atoms with Crippen LogP contribution >= 0.6 is 15.9 Å². The first kappa shape index (κ1) is 12.1. The van der Waals surface area contributed by atoms with E-state index >= 15 is 0 Å². The summed E-state index contributed by atoms with van der Waals surface area (Å²) in [6, 6.07) is 8.32. The highest BCUT2D eigenvalue weighted by Crippen LogP contribution is 2.25. The van der Waals surface area contributed by atoms with E-state index in [4.69, 9.17) is 4.74 Å². The number of aromatic amines is 1. The van der Waals surface area contributed by atoms with E-state index in [1.807, 2.05) is 6.07 Å². The third-order valence-electron chi connectivity index (χ3n) is 2.72. The molecule has 3 aromatic rings. The van der Waals surface area contributed by atoms with Crippen molar-refractivity contribution < 1.29 is 9.13 Å². The Kier molecular flexibility index (Phi) is 2.94. The molecule has 0 radical (unpaired) electrons. The van der Waals surface area contributed by atoms with Gasteiger partial charge in [0.2, 0.25) is 5.88 Å². The molecule has 19 heavy (non-hydrogen) atoms. The normalized spacial score (nSPS) is 10.9. The first-order valence-electron chi connectivity index (χ1n) is 5.53. The summed E-state index contributed by atoms with van der Waals surface area (Å²) in [6.45, 7) is 0. The molecule has 0 spiro atoms. The van der Waals surface area contributed by atoms with Crippen LogP contribution in [0.15, 0.2) is 34.8 Å². The summed E-state index contributed by atoms with van der Waals surface area (Å²) in [7, 11) is 1.55. The Morgan fingerprint density at radius 1 is 1.21 bits per heavy atom. The summed E-state index contributed by atoms with van der Waals surface area (Å²) < 4.78 is 18.7. The number of nitrogens with one attached hydrogen (secondary N) is 1. The molecule has 3 rings (SSSR count). The molecule has 0 unspecified atom stereocenters.